The molecular formula is C36H32N6O4S. The number of urea groups is 1. The van der Waals surface area contributed by atoms with Crippen molar-refractivity contribution in [2.75, 3.05) is 30.4 Å². The van der Waals surface area contributed by atoms with Crippen LogP contribution in [-0.2, 0) is 6.61 Å². The number of carbonyl (C=O) groups excluding carboxylic acids is 2. The molecule has 2 aliphatic rings. The maximum atomic E-state index is 13.7. The molecule has 0 bridgehead atoms. The first-order valence-corrected chi connectivity index (χ1v) is 16.2. The van der Waals surface area contributed by atoms with E-state index < -0.39 is 0 Å². The van der Waals surface area contributed by atoms with Crippen LogP contribution in [0, 0.1) is 18.3 Å². The summed E-state index contributed by atoms with van der Waals surface area (Å²) in [6.45, 7) is 4.03. The second-order valence-electron chi connectivity index (χ2n) is 11.8. The summed E-state index contributed by atoms with van der Waals surface area (Å²) in [5, 5.41) is 16.2. The first-order chi connectivity index (χ1) is 22.9. The van der Waals surface area contributed by atoms with Gasteiger partial charge in [-0.1, -0.05) is 24.3 Å². The van der Waals surface area contributed by atoms with Crippen LogP contribution in [0.4, 0.5) is 21.9 Å². The van der Waals surface area contributed by atoms with E-state index in [1.807, 2.05) is 61.5 Å². The lowest BCUT2D eigenvalue weighted by atomic mass is 10.1. The number of anilines is 3. The largest absolute Gasteiger partial charge is 0.488 e. The molecule has 4 heterocycles. The lowest BCUT2D eigenvalue weighted by Gasteiger charge is -2.31. The van der Waals surface area contributed by atoms with E-state index in [1.165, 1.54) is 11.3 Å². The molecule has 5 aromatic rings. The number of piperidine rings is 1. The lowest BCUT2D eigenvalue weighted by molar-refractivity contribution is 0.0917. The number of pyridine rings is 1. The van der Waals surface area contributed by atoms with Crippen molar-refractivity contribution in [3.8, 4) is 23.3 Å². The number of rotatable bonds is 8. The number of aryl methyl sites for hydroxylation is 1. The van der Waals surface area contributed by atoms with Gasteiger partial charge in [-0.3, -0.25) is 9.69 Å². The standard InChI is InChI=1S/C36H32N6O4S/c1-22-17-27(46-26-10-5-7-23(18-26)21-45-30-11-4-3-8-24(30)19-37)12-13-28(22)42-29-14-15-38-35-31(29)32(40-36(42)44)33(47-35)34(43)39-25-9-6-16-41(2)20-25/h3-5,7-8,10-15,17-18,25H,6,9,16,20-21H2,1-2H3,(H,39,43)(H,40,44). The molecule has 0 saturated carbocycles. The molecule has 2 N–H and O–H groups in total. The highest BCUT2D eigenvalue weighted by Crippen LogP contribution is 2.46. The number of nitriles is 1. The van der Waals surface area contributed by atoms with Gasteiger partial charge >= 0.3 is 6.03 Å². The van der Waals surface area contributed by atoms with Crippen LogP contribution in [0.15, 0.2) is 79.0 Å². The molecule has 7 rings (SSSR count). The first-order valence-electron chi connectivity index (χ1n) is 15.4. The number of hydrogen-bond donors (Lipinski definition) is 2. The number of benzene rings is 3. The molecule has 1 fully saturated rings. The summed E-state index contributed by atoms with van der Waals surface area (Å²) in [5.41, 5.74) is 4.06. The minimum atomic E-state index is -0.350. The van der Waals surface area contributed by atoms with Crippen molar-refractivity contribution >= 4 is 50.6 Å². The summed E-state index contributed by atoms with van der Waals surface area (Å²) in [5.74, 6) is 1.58. The van der Waals surface area contributed by atoms with Crippen molar-refractivity contribution in [1.29, 1.82) is 5.26 Å². The van der Waals surface area contributed by atoms with E-state index in [2.05, 4.69) is 33.6 Å². The van der Waals surface area contributed by atoms with Gasteiger partial charge in [-0.2, -0.15) is 5.26 Å². The van der Waals surface area contributed by atoms with Crippen LogP contribution in [0.2, 0.25) is 0 Å². The quantitative estimate of drug-likeness (QED) is 0.181. The highest BCUT2D eigenvalue weighted by Gasteiger charge is 2.34. The van der Waals surface area contributed by atoms with E-state index in [9.17, 15) is 14.9 Å². The molecule has 2 aliphatic heterocycles. The first kappa shape index (κ1) is 30.2. The average Bonchev–Trinajstić information content (AvgIpc) is 3.44. The molecule has 0 spiro atoms. The third-order valence-electron chi connectivity index (χ3n) is 8.36. The van der Waals surface area contributed by atoms with Crippen molar-refractivity contribution in [2.24, 2.45) is 0 Å². The second-order valence-corrected chi connectivity index (χ2v) is 12.8. The van der Waals surface area contributed by atoms with Crippen LogP contribution in [0.5, 0.6) is 17.2 Å². The van der Waals surface area contributed by atoms with E-state index in [0.717, 1.165) is 42.4 Å². The zero-order chi connectivity index (χ0) is 32.5. The van der Waals surface area contributed by atoms with E-state index in [0.29, 0.717) is 49.6 Å². The van der Waals surface area contributed by atoms with Crippen LogP contribution in [0.1, 0.15) is 39.2 Å². The molecule has 1 atom stereocenters. The van der Waals surface area contributed by atoms with Crippen molar-refractivity contribution < 1.29 is 19.1 Å². The number of carbonyl (C=O) groups is 2. The normalized spacial score (nSPS) is 16.0. The molecule has 1 unspecified atom stereocenters. The average molecular weight is 645 g/mol. The number of hydrogen-bond acceptors (Lipinski definition) is 8. The number of nitrogens with one attached hydrogen (secondary N) is 2. The van der Waals surface area contributed by atoms with Crippen LogP contribution < -0.4 is 25.0 Å². The van der Waals surface area contributed by atoms with Gasteiger partial charge in [0.25, 0.3) is 5.91 Å². The van der Waals surface area contributed by atoms with Gasteiger partial charge < -0.3 is 25.0 Å². The Morgan fingerprint density at radius 2 is 1.96 bits per heavy atom. The van der Waals surface area contributed by atoms with Crippen molar-refractivity contribution in [1.82, 2.24) is 15.2 Å². The van der Waals surface area contributed by atoms with Gasteiger partial charge in [0, 0.05) is 18.8 Å². The van der Waals surface area contributed by atoms with E-state index >= 15 is 0 Å². The van der Waals surface area contributed by atoms with Crippen molar-refractivity contribution in [3.05, 3.63) is 101 Å². The third-order valence-corrected chi connectivity index (χ3v) is 9.45. The second kappa shape index (κ2) is 12.7. The van der Waals surface area contributed by atoms with Gasteiger partial charge in [-0.25, -0.2) is 9.78 Å². The summed E-state index contributed by atoms with van der Waals surface area (Å²) < 4.78 is 12.1. The predicted molar refractivity (Wildman–Crippen MR) is 182 cm³/mol. The summed E-state index contributed by atoms with van der Waals surface area (Å²) in [6, 6.07) is 23.9. The van der Waals surface area contributed by atoms with Gasteiger partial charge in [0.05, 0.1) is 28.0 Å². The molecule has 1 saturated heterocycles. The third kappa shape index (κ3) is 6.08. The van der Waals surface area contributed by atoms with Crippen molar-refractivity contribution in [3.63, 3.8) is 0 Å². The van der Waals surface area contributed by atoms with Gasteiger partial charge in [-0.05, 0) is 93.0 Å². The number of aromatic nitrogens is 1. The Kier molecular flexibility index (Phi) is 8.20. The molecule has 3 aromatic carbocycles. The molecule has 0 radical (unpaired) electrons. The summed E-state index contributed by atoms with van der Waals surface area (Å²) in [7, 11) is 2.06. The summed E-state index contributed by atoms with van der Waals surface area (Å²) in [4.78, 5) is 36.6. The Labute approximate surface area is 276 Å². The minimum Gasteiger partial charge on any atom is -0.488 e. The number of likely N-dealkylation sites (N-methyl/N-ethyl adjacent to an activating group) is 1. The summed E-state index contributed by atoms with van der Waals surface area (Å²) in [6.07, 6.45) is 3.63. The fourth-order valence-corrected chi connectivity index (χ4v) is 7.16. The Balaban J connectivity index is 1.10. The van der Waals surface area contributed by atoms with Gasteiger partial charge in [0.15, 0.2) is 0 Å². The van der Waals surface area contributed by atoms with Crippen molar-refractivity contribution in [2.45, 2.75) is 32.4 Å². The maximum Gasteiger partial charge on any atom is 0.331 e. The summed E-state index contributed by atoms with van der Waals surface area (Å²) >= 11 is 1.29. The number of thiophene rings is 1. The monoisotopic (exact) mass is 644 g/mol. The Hall–Kier alpha value is -5.44. The number of likely N-dealkylation sites (tertiary alicyclic amines) is 1. The van der Waals surface area contributed by atoms with E-state index in [-0.39, 0.29) is 24.6 Å². The van der Waals surface area contributed by atoms with Crippen LogP contribution >= 0.6 is 11.3 Å². The lowest BCUT2D eigenvalue weighted by Crippen LogP contribution is -2.46. The van der Waals surface area contributed by atoms with Crippen LogP contribution in [-0.4, -0.2) is 48.0 Å². The van der Waals surface area contributed by atoms with Crippen LogP contribution in [0.25, 0.3) is 10.2 Å². The van der Waals surface area contributed by atoms with Crippen LogP contribution in [0.3, 0.4) is 0 Å². The molecule has 11 heteroatoms. The number of amides is 3. The van der Waals surface area contributed by atoms with Gasteiger partial charge in [-0.15, -0.1) is 11.3 Å². The topological polar surface area (TPSA) is 120 Å². The Morgan fingerprint density at radius 1 is 1.11 bits per heavy atom. The number of para-hydroxylation sites is 1. The van der Waals surface area contributed by atoms with Gasteiger partial charge in [0.1, 0.15) is 39.6 Å². The Bertz CT molecular complexity index is 2050. The predicted octanol–water partition coefficient (Wildman–Crippen LogP) is 7.36. The van der Waals surface area contributed by atoms with E-state index in [1.54, 1.807) is 29.3 Å². The molecule has 236 valence electrons. The molecular weight excluding hydrogens is 613 g/mol. The SMILES string of the molecule is Cc1cc(Oc2cccc(COc3ccccc3C#N)c2)ccc1N1C(=O)Nc2c(C(=O)NC3CCCN(C)C3)sc3nccc1c23. The minimum absolute atomic E-state index is 0.0630. The molecule has 2 aromatic heterocycles. The number of ether oxygens (including phenoxy) is 2. The fourth-order valence-electron chi connectivity index (χ4n) is 6.14. The zero-order valence-electron chi connectivity index (χ0n) is 25.9. The maximum absolute atomic E-state index is 13.7. The number of nitrogens with zero attached hydrogens (tertiary/aromatic N) is 4. The molecule has 3 amide bonds. The molecule has 10 nitrogen and oxygen atoms in total. The fraction of sp³-hybridized carbons (Fsp3) is 0.222. The molecule has 0 aliphatic carbocycles. The van der Waals surface area contributed by atoms with E-state index in [4.69, 9.17) is 9.47 Å². The zero-order valence-corrected chi connectivity index (χ0v) is 26.8. The van der Waals surface area contributed by atoms with Gasteiger partial charge in [0.2, 0.25) is 0 Å². The smallest absolute Gasteiger partial charge is 0.331 e. The highest BCUT2D eigenvalue weighted by atomic mass is 32.1. The molecule has 47 heavy (non-hydrogen) atoms. The Morgan fingerprint density at radius 3 is 2.79 bits per heavy atom. The highest BCUT2D eigenvalue weighted by molar-refractivity contribution is 7.21.